The first-order valence-corrected chi connectivity index (χ1v) is 24.4. The van der Waals surface area contributed by atoms with E-state index in [0.717, 1.165) is 122 Å². The van der Waals surface area contributed by atoms with Crippen molar-refractivity contribution in [3.63, 3.8) is 0 Å². The number of pyridine rings is 2. The monoisotopic (exact) mass is 870 g/mol. The van der Waals surface area contributed by atoms with Gasteiger partial charge in [-0.2, -0.15) is 0 Å². The highest BCUT2D eigenvalue weighted by Gasteiger charge is 2.48. The number of thiophene rings is 2. The highest BCUT2D eigenvalue weighted by molar-refractivity contribution is 7.88. The van der Waals surface area contributed by atoms with Crippen LogP contribution in [0, 0.1) is 25.7 Å². The molecule has 8 heterocycles. The number of thiazole rings is 2. The third-order valence-corrected chi connectivity index (χ3v) is 19.4. The van der Waals surface area contributed by atoms with E-state index in [1.807, 2.05) is 67.8 Å². The van der Waals surface area contributed by atoms with Gasteiger partial charge in [0, 0.05) is 69.6 Å². The lowest BCUT2D eigenvalue weighted by molar-refractivity contribution is 0.655. The number of nitrogens with zero attached hydrogens (tertiary/aromatic N) is 8. The molecule has 0 saturated heterocycles. The summed E-state index contributed by atoms with van der Waals surface area (Å²) in [6.45, 7) is 3.95. The summed E-state index contributed by atoms with van der Waals surface area (Å²) in [6, 6.07) is 4.06. The number of aryl methyl sites for hydroxylation is 2. The Kier molecular flexibility index (Phi) is 9.28. The zero-order chi connectivity index (χ0) is 39.3. The van der Waals surface area contributed by atoms with Gasteiger partial charge in [0.05, 0.1) is 56.8 Å². The van der Waals surface area contributed by atoms with Gasteiger partial charge in [0.25, 0.3) is 0 Å². The van der Waals surface area contributed by atoms with Crippen LogP contribution in [0.4, 0.5) is 11.4 Å². The van der Waals surface area contributed by atoms with Gasteiger partial charge in [-0.15, -0.1) is 45.3 Å². The van der Waals surface area contributed by atoms with Crippen molar-refractivity contribution in [1.82, 2.24) is 39.0 Å². The molecule has 3 saturated carbocycles. The molecule has 8 aromatic heterocycles. The Morgan fingerprint density at radius 3 is 1.51 bits per heavy atom. The van der Waals surface area contributed by atoms with Gasteiger partial charge < -0.3 is 20.6 Å². The van der Waals surface area contributed by atoms with Crippen LogP contribution in [0.2, 0.25) is 0 Å². The highest BCUT2D eigenvalue weighted by atomic mass is 32.2. The van der Waals surface area contributed by atoms with Crippen molar-refractivity contribution in [2.75, 3.05) is 11.5 Å². The fraction of sp³-hybridized carbons (Fsp3) is 0.333. The summed E-state index contributed by atoms with van der Waals surface area (Å²) in [5.41, 5.74) is 19.8. The summed E-state index contributed by atoms with van der Waals surface area (Å²) < 4.78 is 31.9. The molecule has 4 unspecified atom stereocenters. The standard InChI is InChI=1S/C21H21N5OS3.C18H17N5OS3/c1-10-24-9-16(26(10)2)14-8-15(19-23-3-4-28-19)25-20-17(14)18(22)21(29-20)30(27)13-6-11-5-12(11)7-13;1-9-21-8-13(23(9)2)11-7-12(16-20-5-6-25-16)22-17-14(11)15(19)18(26-17)27(24)10-3-4-10/h3-4,8-9,11-13H,5-7,22H2,1-2H3;5-8,10H,3-4,19H2,1-2H3. The Labute approximate surface area is 349 Å². The first kappa shape index (κ1) is 37.1. The van der Waals surface area contributed by atoms with E-state index in [4.69, 9.17) is 21.4 Å². The van der Waals surface area contributed by atoms with E-state index in [9.17, 15) is 8.42 Å². The summed E-state index contributed by atoms with van der Waals surface area (Å²) >= 11 is 6.03. The van der Waals surface area contributed by atoms with Gasteiger partial charge in [-0.25, -0.2) is 29.9 Å². The molecular weight excluding hydrogens is 833 g/mol. The molecule has 4 N–H and O–H groups in total. The van der Waals surface area contributed by atoms with Crippen LogP contribution in [-0.2, 0) is 35.7 Å². The summed E-state index contributed by atoms with van der Waals surface area (Å²) in [7, 11) is 1.84. The molecule has 292 valence electrons. The van der Waals surface area contributed by atoms with Crippen molar-refractivity contribution in [2.45, 2.75) is 64.9 Å². The molecule has 0 aliphatic heterocycles. The zero-order valence-electron chi connectivity index (χ0n) is 31.5. The lowest BCUT2D eigenvalue weighted by atomic mass is 10.1. The van der Waals surface area contributed by atoms with Crippen LogP contribution < -0.4 is 11.5 Å². The number of fused-ring (bicyclic) bond motifs is 3. The minimum absolute atomic E-state index is 0.227. The van der Waals surface area contributed by atoms with Gasteiger partial charge >= 0.3 is 0 Å². The van der Waals surface area contributed by atoms with Crippen molar-refractivity contribution in [1.29, 1.82) is 0 Å². The molecule has 57 heavy (non-hydrogen) atoms. The fourth-order valence-electron chi connectivity index (χ4n) is 7.75. The van der Waals surface area contributed by atoms with E-state index >= 15 is 0 Å². The Balaban J connectivity index is 0.000000140. The molecule has 0 amide bonds. The normalized spacial score (nSPS) is 19.8. The summed E-state index contributed by atoms with van der Waals surface area (Å²) in [4.78, 5) is 29.1. The second kappa shape index (κ2) is 14.3. The maximum atomic E-state index is 13.4. The molecule has 0 spiro atoms. The Hall–Kier alpha value is -4.20. The van der Waals surface area contributed by atoms with Crippen molar-refractivity contribution in [3.05, 3.63) is 59.3 Å². The molecule has 0 bridgehead atoms. The minimum Gasteiger partial charge on any atom is -0.396 e. The van der Waals surface area contributed by atoms with Crippen LogP contribution in [0.1, 0.15) is 43.8 Å². The Morgan fingerprint density at radius 1 is 0.667 bits per heavy atom. The van der Waals surface area contributed by atoms with Crippen molar-refractivity contribution >= 4 is 98.8 Å². The second-order valence-electron chi connectivity index (χ2n) is 14.9. The molecule has 18 heteroatoms. The maximum absolute atomic E-state index is 13.4. The Bertz CT molecular complexity index is 2870. The summed E-state index contributed by atoms with van der Waals surface area (Å²) in [6.07, 6.45) is 12.7. The number of nitrogens with two attached hydrogens (primary N) is 2. The minimum atomic E-state index is -1.08. The highest BCUT2D eigenvalue weighted by Crippen LogP contribution is 2.55. The number of imidazole rings is 2. The predicted molar refractivity (Wildman–Crippen MR) is 235 cm³/mol. The smallest absolute Gasteiger partial charge is 0.141 e. The molecular formula is C39H38N10O2S6. The largest absolute Gasteiger partial charge is 0.396 e. The van der Waals surface area contributed by atoms with E-state index < -0.39 is 21.6 Å². The third kappa shape index (κ3) is 6.48. The van der Waals surface area contributed by atoms with Crippen molar-refractivity contribution in [2.24, 2.45) is 25.9 Å². The number of nitrogen functional groups attached to an aromatic ring is 2. The maximum Gasteiger partial charge on any atom is 0.141 e. The van der Waals surface area contributed by atoms with Gasteiger partial charge in [0.1, 0.15) is 51.1 Å². The molecule has 12 nitrogen and oxygen atoms in total. The predicted octanol–water partition coefficient (Wildman–Crippen LogP) is 8.60. The van der Waals surface area contributed by atoms with Crippen LogP contribution in [-0.4, -0.2) is 58.0 Å². The zero-order valence-corrected chi connectivity index (χ0v) is 36.4. The molecule has 8 aromatic rings. The number of rotatable bonds is 8. The van der Waals surface area contributed by atoms with Crippen LogP contribution in [0.3, 0.4) is 0 Å². The van der Waals surface area contributed by atoms with Gasteiger partial charge in [0.2, 0.25) is 0 Å². The van der Waals surface area contributed by atoms with E-state index in [-0.39, 0.29) is 10.5 Å². The lowest BCUT2D eigenvalue weighted by Gasteiger charge is -2.11. The van der Waals surface area contributed by atoms with Gasteiger partial charge in [0.15, 0.2) is 0 Å². The van der Waals surface area contributed by atoms with Crippen LogP contribution >= 0.6 is 45.3 Å². The first-order chi connectivity index (χ1) is 27.5. The summed E-state index contributed by atoms with van der Waals surface area (Å²) in [5.74, 6) is 3.42. The van der Waals surface area contributed by atoms with E-state index in [0.29, 0.717) is 11.4 Å². The second-order valence-corrected chi connectivity index (χ2v) is 22.5. The van der Waals surface area contributed by atoms with Crippen LogP contribution in [0.15, 0.2) is 56.1 Å². The number of hydrogen-bond acceptors (Lipinski definition) is 14. The van der Waals surface area contributed by atoms with Crippen molar-refractivity contribution < 1.29 is 8.42 Å². The quantitative estimate of drug-likeness (QED) is 0.151. The summed E-state index contributed by atoms with van der Waals surface area (Å²) in [5, 5.41) is 7.82. The fourth-order valence-corrected chi connectivity index (χ4v) is 15.2. The SMILES string of the molecule is Cc1ncc(-c2cc(-c3nccs3)nc3sc(S(=O)C4CC4)c(N)c23)n1C.Cc1ncc(-c2cc(-c3nccs3)nc3sc(S(=O)C4CC5CC5C4)c(N)c23)n1C. The average molecular weight is 871 g/mol. The molecule has 3 fully saturated rings. The van der Waals surface area contributed by atoms with Gasteiger partial charge in [-0.3, -0.25) is 8.42 Å². The lowest BCUT2D eigenvalue weighted by Crippen LogP contribution is -2.13. The van der Waals surface area contributed by atoms with E-state index in [2.05, 4.69) is 24.5 Å². The molecule has 0 aromatic carbocycles. The molecule has 0 radical (unpaired) electrons. The average Bonchev–Trinajstić information content (AvgIpc) is 3.64. The number of hydrogen-bond donors (Lipinski definition) is 2. The molecule has 11 rings (SSSR count). The number of anilines is 2. The first-order valence-electron chi connectivity index (χ1n) is 18.6. The van der Waals surface area contributed by atoms with Crippen LogP contribution in [0.5, 0.6) is 0 Å². The number of aromatic nitrogens is 8. The molecule has 4 atom stereocenters. The van der Waals surface area contributed by atoms with E-state index in [1.165, 1.54) is 29.1 Å². The van der Waals surface area contributed by atoms with Gasteiger partial charge in [-0.1, -0.05) is 0 Å². The Morgan fingerprint density at radius 2 is 1.12 bits per heavy atom. The topological polar surface area (TPSA) is 173 Å². The van der Waals surface area contributed by atoms with Crippen LogP contribution in [0.25, 0.3) is 64.4 Å². The van der Waals surface area contributed by atoms with Gasteiger partial charge in [-0.05, 0) is 69.9 Å². The molecule has 3 aliphatic carbocycles. The van der Waals surface area contributed by atoms with E-state index in [1.54, 1.807) is 35.1 Å². The molecule has 3 aliphatic rings. The third-order valence-electron chi connectivity index (χ3n) is 11.3. The van der Waals surface area contributed by atoms with Crippen molar-refractivity contribution in [3.8, 4) is 43.9 Å².